The number of hydrogen-bond acceptors (Lipinski definition) is 2. The molecule has 2 N–H and O–H groups in total. The van der Waals surface area contributed by atoms with Gasteiger partial charge in [0.15, 0.2) is 0 Å². The summed E-state index contributed by atoms with van der Waals surface area (Å²) in [5.41, 5.74) is 16.5. The Bertz CT molecular complexity index is 1650. The van der Waals surface area contributed by atoms with Crippen molar-refractivity contribution in [3.8, 4) is 6.07 Å². The highest BCUT2D eigenvalue weighted by Crippen LogP contribution is 2.37. The molecule has 0 saturated heterocycles. The lowest BCUT2D eigenvalue weighted by molar-refractivity contribution is 0.742. The molecule has 0 aliphatic heterocycles. The van der Waals surface area contributed by atoms with E-state index in [-0.39, 0.29) is 6.04 Å². The lowest BCUT2D eigenvalue weighted by Gasteiger charge is -2.18. The average molecular weight is 529 g/mol. The fourth-order valence-electron chi connectivity index (χ4n) is 5.04. The Kier molecular flexibility index (Phi) is 8.81. The van der Waals surface area contributed by atoms with Crippen molar-refractivity contribution in [2.75, 3.05) is 0 Å². The van der Waals surface area contributed by atoms with Crippen LogP contribution in [0.5, 0.6) is 0 Å². The molecule has 0 fully saturated rings. The summed E-state index contributed by atoms with van der Waals surface area (Å²) in [6.07, 6.45) is 4.47. The zero-order chi connectivity index (χ0) is 28.4. The summed E-state index contributed by atoms with van der Waals surface area (Å²) in [7, 11) is 0. The maximum atomic E-state index is 10.0. The van der Waals surface area contributed by atoms with Gasteiger partial charge < -0.3 is 5.73 Å². The maximum absolute atomic E-state index is 10.0. The van der Waals surface area contributed by atoms with E-state index in [1.165, 1.54) is 0 Å². The number of rotatable bonds is 9. The molecular formula is C39H32N2. The van der Waals surface area contributed by atoms with E-state index < -0.39 is 0 Å². The van der Waals surface area contributed by atoms with Crippen molar-refractivity contribution in [2.24, 2.45) is 5.73 Å². The van der Waals surface area contributed by atoms with Crippen molar-refractivity contribution < 1.29 is 0 Å². The fraction of sp³-hybridized carbons (Fsp3) is 0.0513. The lowest BCUT2D eigenvalue weighted by atomic mass is 9.85. The molecule has 0 radical (unpaired) electrons. The molecule has 0 aliphatic rings. The quantitative estimate of drug-likeness (QED) is 0.118. The molecule has 1 atom stereocenters. The van der Waals surface area contributed by atoms with Crippen LogP contribution >= 0.6 is 0 Å². The van der Waals surface area contributed by atoms with Gasteiger partial charge in [0, 0.05) is 6.04 Å². The van der Waals surface area contributed by atoms with E-state index in [1.807, 2.05) is 66.7 Å². The monoisotopic (exact) mass is 528 g/mol. The van der Waals surface area contributed by atoms with E-state index >= 15 is 0 Å². The van der Waals surface area contributed by atoms with Gasteiger partial charge in [-0.3, -0.25) is 0 Å². The fourth-order valence-corrected chi connectivity index (χ4v) is 5.04. The molecule has 2 nitrogen and oxygen atoms in total. The summed E-state index contributed by atoms with van der Waals surface area (Å²) in [5.74, 6) is 0. The van der Waals surface area contributed by atoms with Crippen molar-refractivity contribution in [1.29, 1.82) is 5.26 Å². The standard InChI is InChI=1S/C39H32N2/c1-2-12-37(41)31-21-19-29(20-22-31)27-36(28-40)30-23-25-35(26-24-30)39(34-17-10-5-11-18-34)38(32-13-6-3-7-14-32)33-15-8-4-9-16-33/h2-11,13-27,37H,1,12,41H2. The molecule has 0 spiro atoms. The molecular weight excluding hydrogens is 496 g/mol. The van der Waals surface area contributed by atoms with Gasteiger partial charge in [0.2, 0.25) is 0 Å². The van der Waals surface area contributed by atoms with Crippen LogP contribution in [0.3, 0.4) is 0 Å². The van der Waals surface area contributed by atoms with Gasteiger partial charge in [-0.1, -0.05) is 146 Å². The first kappa shape index (κ1) is 27.3. The van der Waals surface area contributed by atoms with E-state index in [0.717, 1.165) is 56.5 Å². The number of nitrogens with zero attached hydrogens (tertiary/aromatic N) is 1. The number of benzene rings is 5. The second-order valence-electron chi connectivity index (χ2n) is 9.89. The normalized spacial score (nSPS) is 11.8. The van der Waals surface area contributed by atoms with Gasteiger partial charge in [-0.15, -0.1) is 6.58 Å². The Morgan fingerprint density at radius 2 is 1.02 bits per heavy atom. The number of allylic oxidation sites excluding steroid dienone is 1. The largest absolute Gasteiger partial charge is 0.324 e. The molecule has 0 heterocycles. The molecule has 0 saturated carbocycles. The van der Waals surface area contributed by atoms with Gasteiger partial charge in [0.05, 0.1) is 11.6 Å². The first-order valence-electron chi connectivity index (χ1n) is 13.8. The Morgan fingerprint density at radius 3 is 1.44 bits per heavy atom. The Labute approximate surface area is 243 Å². The van der Waals surface area contributed by atoms with E-state index in [1.54, 1.807) is 0 Å². The summed E-state index contributed by atoms with van der Waals surface area (Å²) < 4.78 is 0. The highest BCUT2D eigenvalue weighted by molar-refractivity contribution is 6.04. The summed E-state index contributed by atoms with van der Waals surface area (Å²) in [6.45, 7) is 3.77. The molecule has 0 amide bonds. The highest BCUT2D eigenvalue weighted by Gasteiger charge is 2.16. The van der Waals surface area contributed by atoms with Gasteiger partial charge >= 0.3 is 0 Å². The summed E-state index contributed by atoms with van der Waals surface area (Å²) in [5, 5.41) is 10.0. The summed E-state index contributed by atoms with van der Waals surface area (Å²) in [6, 6.07) is 50.2. The third kappa shape index (κ3) is 6.50. The summed E-state index contributed by atoms with van der Waals surface area (Å²) >= 11 is 0. The lowest BCUT2D eigenvalue weighted by Crippen LogP contribution is -2.08. The van der Waals surface area contributed by atoms with Crippen LogP contribution in [-0.4, -0.2) is 0 Å². The molecule has 0 aliphatic carbocycles. The van der Waals surface area contributed by atoms with Gasteiger partial charge in [0.25, 0.3) is 0 Å². The Balaban J connectivity index is 1.58. The van der Waals surface area contributed by atoms with Gasteiger partial charge in [-0.2, -0.15) is 5.26 Å². The minimum absolute atomic E-state index is 0.0722. The smallest absolute Gasteiger partial charge is 0.0998 e. The van der Waals surface area contributed by atoms with Gasteiger partial charge in [0.1, 0.15) is 0 Å². The van der Waals surface area contributed by atoms with Crippen LogP contribution in [0.15, 0.2) is 152 Å². The van der Waals surface area contributed by atoms with Crippen LogP contribution in [0.2, 0.25) is 0 Å². The SMILES string of the molecule is C=CCC(N)c1ccc(C=C(C#N)c2ccc(C(=C(c3ccccc3)c3ccccc3)c3ccccc3)cc2)cc1. The maximum Gasteiger partial charge on any atom is 0.0998 e. The molecule has 1 unspecified atom stereocenters. The van der Waals surface area contributed by atoms with Crippen LogP contribution in [0.25, 0.3) is 22.8 Å². The Morgan fingerprint density at radius 1 is 0.610 bits per heavy atom. The molecule has 41 heavy (non-hydrogen) atoms. The topological polar surface area (TPSA) is 49.8 Å². The molecule has 0 aromatic heterocycles. The molecule has 2 heteroatoms. The predicted octanol–water partition coefficient (Wildman–Crippen LogP) is 9.33. The van der Waals surface area contributed by atoms with Crippen molar-refractivity contribution in [1.82, 2.24) is 0 Å². The van der Waals surface area contributed by atoms with Crippen molar-refractivity contribution in [2.45, 2.75) is 12.5 Å². The minimum Gasteiger partial charge on any atom is -0.324 e. The van der Waals surface area contributed by atoms with E-state index in [4.69, 9.17) is 5.73 Å². The van der Waals surface area contributed by atoms with Crippen LogP contribution < -0.4 is 5.73 Å². The molecule has 198 valence electrons. The molecule has 5 aromatic rings. The predicted molar refractivity (Wildman–Crippen MR) is 172 cm³/mol. The first-order valence-corrected chi connectivity index (χ1v) is 13.8. The van der Waals surface area contributed by atoms with Crippen LogP contribution in [0, 0.1) is 11.3 Å². The number of nitrogens with two attached hydrogens (primary N) is 1. The molecule has 0 bridgehead atoms. The van der Waals surface area contributed by atoms with Gasteiger partial charge in [-0.05, 0) is 62.6 Å². The van der Waals surface area contributed by atoms with Crippen molar-refractivity contribution in [3.63, 3.8) is 0 Å². The van der Waals surface area contributed by atoms with E-state index in [0.29, 0.717) is 5.57 Å². The number of nitriles is 1. The van der Waals surface area contributed by atoms with Crippen LogP contribution in [-0.2, 0) is 0 Å². The highest BCUT2D eigenvalue weighted by atomic mass is 14.6. The summed E-state index contributed by atoms with van der Waals surface area (Å²) in [4.78, 5) is 0. The van der Waals surface area contributed by atoms with E-state index in [2.05, 4.69) is 97.6 Å². The van der Waals surface area contributed by atoms with Crippen LogP contribution in [0.1, 0.15) is 51.4 Å². The second-order valence-corrected chi connectivity index (χ2v) is 9.89. The third-order valence-corrected chi connectivity index (χ3v) is 7.14. The van der Waals surface area contributed by atoms with Crippen molar-refractivity contribution in [3.05, 3.63) is 191 Å². The van der Waals surface area contributed by atoms with Crippen molar-refractivity contribution >= 4 is 22.8 Å². The first-order chi connectivity index (χ1) is 20.2. The third-order valence-electron chi connectivity index (χ3n) is 7.14. The van der Waals surface area contributed by atoms with Gasteiger partial charge in [-0.25, -0.2) is 0 Å². The van der Waals surface area contributed by atoms with E-state index in [9.17, 15) is 5.26 Å². The second kappa shape index (κ2) is 13.2. The molecule has 5 aromatic carbocycles. The van der Waals surface area contributed by atoms with Crippen LogP contribution in [0.4, 0.5) is 0 Å². The zero-order valence-electron chi connectivity index (χ0n) is 22.9. The zero-order valence-corrected chi connectivity index (χ0v) is 22.9. The minimum atomic E-state index is -0.0722. The molecule has 5 rings (SSSR count). The number of hydrogen-bond donors (Lipinski definition) is 1. The Hall–Kier alpha value is -5.23. The average Bonchev–Trinajstić information content (AvgIpc) is 3.04.